The molecule has 2 unspecified atom stereocenters. The Balaban J connectivity index is 1.91. The van der Waals surface area contributed by atoms with Gasteiger partial charge >= 0.3 is 0 Å². The maximum Gasteiger partial charge on any atom is 0.250 e. The number of amides is 1. The Morgan fingerprint density at radius 3 is 2.81 bits per heavy atom. The van der Waals surface area contributed by atoms with Gasteiger partial charge in [0.2, 0.25) is 0 Å². The predicted molar refractivity (Wildman–Crippen MR) is 71.6 cm³/mol. The van der Waals surface area contributed by atoms with Crippen LogP contribution in [-0.4, -0.2) is 55.3 Å². The average Bonchev–Trinajstić information content (AvgIpc) is 2.44. The summed E-state index contributed by atoms with van der Waals surface area (Å²) in [5.74, 6) is -2.09. The van der Waals surface area contributed by atoms with Crippen LogP contribution in [0.15, 0.2) is 18.2 Å². The first-order valence-electron chi connectivity index (χ1n) is 6.69. The van der Waals surface area contributed by atoms with Gasteiger partial charge in [-0.1, -0.05) is 6.07 Å². The molecule has 0 aromatic heterocycles. The number of likely N-dealkylation sites (N-methyl/N-ethyl adjacent to an activating group) is 1. The van der Waals surface area contributed by atoms with Crippen molar-refractivity contribution in [1.82, 2.24) is 10.2 Å². The smallest absolute Gasteiger partial charge is 0.250 e. The van der Waals surface area contributed by atoms with Gasteiger partial charge < -0.3 is 20.1 Å². The number of morpholine rings is 1. The molecule has 1 fully saturated rings. The zero-order valence-corrected chi connectivity index (χ0v) is 11.7. The average molecular weight is 300 g/mol. The number of nitrogens with zero attached hydrogens (tertiary/aromatic N) is 1. The molecule has 2 atom stereocenters. The van der Waals surface area contributed by atoms with Crippen LogP contribution in [0.1, 0.15) is 11.7 Å². The van der Waals surface area contributed by atoms with E-state index >= 15 is 0 Å². The summed E-state index contributed by atoms with van der Waals surface area (Å²) in [6.07, 6.45) is -2.09. The number of rotatable bonds is 4. The highest BCUT2D eigenvalue weighted by Gasteiger charge is 2.26. The molecule has 2 N–H and O–H groups in total. The number of hydrogen-bond donors (Lipinski definition) is 2. The summed E-state index contributed by atoms with van der Waals surface area (Å²) in [6.45, 7) is 1.35. The fourth-order valence-electron chi connectivity index (χ4n) is 2.18. The highest BCUT2D eigenvalue weighted by Crippen LogP contribution is 2.20. The number of benzene rings is 1. The van der Waals surface area contributed by atoms with Crippen molar-refractivity contribution in [2.24, 2.45) is 0 Å². The summed E-state index contributed by atoms with van der Waals surface area (Å²) < 4.78 is 32.3. The van der Waals surface area contributed by atoms with Gasteiger partial charge in [0.25, 0.3) is 5.91 Å². The molecule has 2 rings (SSSR count). The Hall–Kier alpha value is -1.57. The van der Waals surface area contributed by atoms with E-state index in [0.717, 1.165) is 18.7 Å². The number of aliphatic hydroxyl groups excluding tert-OH is 1. The summed E-state index contributed by atoms with van der Waals surface area (Å²) in [4.78, 5) is 13.8. The van der Waals surface area contributed by atoms with Gasteiger partial charge in [-0.15, -0.1) is 0 Å². The van der Waals surface area contributed by atoms with E-state index in [-0.39, 0.29) is 6.54 Å². The summed E-state index contributed by atoms with van der Waals surface area (Å²) in [5, 5.41) is 12.3. The van der Waals surface area contributed by atoms with Crippen molar-refractivity contribution >= 4 is 5.91 Å². The summed E-state index contributed by atoms with van der Waals surface area (Å²) in [6, 6.07) is 3.33. The van der Waals surface area contributed by atoms with E-state index in [9.17, 15) is 18.7 Å². The topological polar surface area (TPSA) is 61.8 Å². The van der Waals surface area contributed by atoms with Crippen molar-refractivity contribution < 1.29 is 23.4 Å². The molecule has 0 bridgehead atoms. The minimum atomic E-state index is -1.45. The second-order valence-corrected chi connectivity index (χ2v) is 5.02. The van der Waals surface area contributed by atoms with Crippen LogP contribution in [0.25, 0.3) is 0 Å². The van der Waals surface area contributed by atoms with E-state index in [1.54, 1.807) is 0 Å². The molecule has 21 heavy (non-hydrogen) atoms. The minimum Gasteiger partial charge on any atom is -0.386 e. The van der Waals surface area contributed by atoms with Gasteiger partial charge in [0.15, 0.2) is 0 Å². The third-order valence-corrected chi connectivity index (χ3v) is 3.36. The molecule has 1 aliphatic heterocycles. The molecular weight excluding hydrogens is 282 g/mol. The molecule has 1 heterocycles. The second-order valence-electron chi connectivity index (χ2n) is 5.02. The van der Waals surface area contributed by atoms with Gasteiger partial charge in [-0.05, 0) is 19.2 Å². The lowest BCUT2D eigenvalue weighted by Gasteiger charge is -2.29. The van der Waals surface area contributed by atoms with Crippen molar-refractivity contribution in [2.75, 3.05) is 33.3 Å². The van der Waals surface area contributed by atoms with Gasteiger partial charge in [0.1, 0.15) is 23.8 Å². The number of carbonyl (C=O) groups excluding carboxylic acids is 1. The van der Waals surface area contributed by atoms with Crippen molar-refractivity contribution in [3.8, 4) is 0 Å². The number of aliphatic hydroxyl groups is 1. The van der Waals surface area contributed by atoms with E-state index < -0.39 is 35.3 Å². The van der Waals surface area contributed by atoms with Crippen LogP contribution in [0, 0.1) is 11.6 Å². The maximum atomic E-state index is 13.5. The first-order chi connectivity index (χ1) is 9.99. The van der Waals surface area contributed by atoms with E-state index in [1.165, 1.54) is 6.07 Å². The van der Waals surface area contributed by atoms with Crippen LogP contribution in [0.3, 0.4) is 0 Å². The Bertz CT molecular complexity index is 493. The molecule has 1 aromatic rings. The Morgan fingerprint density at radius 1 is 1.52 bits per heavy atom. The Kier molecular flexibility index (Phi) is 5.22. The van der Waals surface area contributed by atoms with Crippen LogP contribution in [-0.2, 0) is 9.53 Å². The predicted octanol–water partition coefficient (Wildman–Crippen LogP) is 0.445. The van der Waals surface area contributed by atoms with Crippen LogP contribution < -0.4 is 5.32 Å². The molecule has 116 valence electrons. The van der Waals surface area contributed by atoms with Gasteiger partial charge in [-0.2, -0.15) is 0 Å². The van der Waals surface area contributed by atoms with Crippen molar-refractivity contribution in [3.05, 3.63) is 35.4 Å². The molecular formula is C14H18F2N2O3. The largest absolute Gasteiger partial charge is 0.386 e. The molecule has 1 aromatic carbocycles. The van der Waals surface area contributed by atoms with Gasteiger partial charge in [0.05, 0.1) is 12.2 Å². The molecule has 1 aliphatic rings. The summed E-state index contributed by atoms with van der Waals surface area (Å²) in [7, 11) is 1.87. The molecule has 0 radical (unpaired) electrons. The van der Waals surface area contributed by atoms with E-state index in [0.29, 0.717) is 13.2 Å². The monoisotopic (exact) mass is 300 g/mol. The van der Waals surface area contributed by atoms with Gasteiger partial charge in [0, 0.05) is 19.6 Å². The second kappa shape index (κ2) is 6.93. The molecule has 1 saturated heterocycles. The normalized spacial score (nSPS) is 21.0. The van der Waals surface area contributed by atoms with Gasteiger partial charge in [-0.25, -0.2) is 8.78 Å². The van der Waals surface area contributed by atoms with E-state index in [4.69, 9.17) is 4.74 Å². The van der Waals surface area contributed by atoms with Crippen molar-refractivity contribution in [3.63, 3.8) is 0 Å². The van der Waals surface area contributed by atoms with E-state index in [1.807, 2.05) is 11.9 Å². The van der Waals surface area contributed by atoms with Crippen molar-refractivity contribution in [2.45, 2.75) is 12.2 Å². The lowest BCUT2D eigenvalue weighted by atomic mass is 10.1. The number of ether oxygens (including phenoxy) is 1. The number of hydrogen-bond acceptors (Lipinski definition) is 4. The van der Waals surface area contributed by atoms with Crippen molar-refractivity contribution in [1.29, 1.82) is 0 Å². The third kappa shape index (κ3) is 3.96. The highest BCUT2D eigenvalue weighted by molar-refractivity contribution is 5.81. The lowest BCUT2D eigenvalue weighted by molar-refractivity contribution is -0.138. The van der Waals surface area contributed by atoms with Crippen LogP contribution >= 0.6 is 0 Å². The Labute approximate surface area is 121 Å². The zero-order chi connectivity index (χ0) is 15.4. The quantitative estimate of drug-likeness (QED) is 0.847. The first-order valence-corrected chi connectivity index (χ1v) is 6.69. The minimum absolute atomic E-state index is 0.278. The molecule has 1 amide bonds. The van der Waals surface area contributed by atoms with Crippen LogP contribution in [0.2, 0.25) is 0 Å². The van der Waals surface area contributed by atoms with Gasteiger partial charge in [-0.3, -0.25) is 4.79 Å². The zero-order valence-electron chi connectivity index (χ0n) is 11.7. The third-order valence-electron chi connectivity index (χ3n) is 3.36. The molecule has 7 heteroatoms. The molecule has 5 nitrogen and oxygen atoms in total. The number of carbonyl (C=O) groups is 1. The summed E-state index contributed by atoms with van der Waals surface area (Å²) >= 11 is 0. The fraction of sp³-hybridized carbons (Fsp3) is 0.500. The van der Waals surface area contributed by atoms with E-state index in [2.05, 4.69) is 5.32 Å². The van der Waals surface area contributed by atoms with Crippen LogP contribution in [0.4, 0.5) is 8.78 Å². The molecule has 0 aliphatic carbocycles. The fourth-order valence-corrected chi connectivity index (χ4v) is 2.18. The Morgan fingerprint density at radius 2 is 2.19 bits per heavy atom. The molecule has 0 spiro atoms. The first kappa shape index (κ1) is 15.8. The lowest BCUT2D eigenvalue weighted by Crippen LogP contribution is -2.49. The SMILES string of the molecule is CN1CCOC(C(=O)NCC(O)c2c(F)cccc2F)C1. The molecule has 0 saturated carbocycles. The number of halogens is 2. The summed E-state index contributed by atoms with van der Waals surface area (Å²) in [5.41, 5.74) is -0.445. The standard InChI is InChI=1S/C14H18F2N2O3/c1-18-5-6-21-12(8-18)14(20)17-7-11(19)13-9(15)3-2-4-10(13)16/h2-4,11-12,19H,5-8H2,1H3,(H,17,20). The van der Waals surface area contributed by atoms with Crippen LogP contribution in [0.5, 0.6) is 0 Å². The number of nitrogens with one attached hydrogen (secondary N) is 1. The highest BCUT2D eigenvalue weighted by atomic mass is 19.1. The maximum absolute atomic E-state index is 13.5.